The zero-order chi connectivity index (χ0) is 16.8. The molecule has 2 aromatic rings. The first kappa shape index (κ1) is 17.0. The summed E-state index contributed by atoms with van der Waals surface area (Å²) < 4.78 is 22.1. The van der Waals surface area contributed by atoms with Crippen LogP contribution in [0.4, 0.5) is 0 Å². The van der Waals surface area contributed by atoms with Crippen molar-refractivity contribution in [2.24, 2.45) is 0 Å². The van der Waals surface area contributed by atoms with Crippen molar-refractivity contribution in [3.05, 3.63) is 47.5 Å². The zero-order valence-electron chi connectivity index (χ0n) is 14.4. The molecule has 0 aliphatic rings. The molecule has 0 saturated carbocycles. The molecule has 2 rings (SSSR count). The van der Waals surface area contributed by atoms with Gasteiger partial charge in [-0.05, 0) is 42.7 Å². The van der Waals surface area contributed by atoms with Gasteiger partial charge in [-0.1, -0.05) is 26.0 Å². The van der Waals surface area contributed by atoms with Crippen molar-refractivity contribution in [1.29, 1.82) is 0 Å². The number of methoxy groups -OCH3 is 2. The minimum Gasteiger partial charge on any atom is -0.496 e. The SMILES string of the molecule is COc1ccc(OCOc2cccc(C(C)C)c2OC)cc1C. The number of benzene rings is 2. The molecule has 23 heavy (non-hydrogen) atoms. The van der Waals surface area contributed by atoms with Crippen LogP contribution in [-0.4, -0.2) is 21.0 Å². The fraction of sp³-hybridized carbons (Fsp3) is 0.368. The molecule has 0 spiro atoms. The van der Waals surface area contributed by atoms with E-state index in [-0.39, 0.29) is 6.79 Å². The van der Waals surface area contributed by atoms with E-state index in [9.17, 15) is 0 Å². The van der Waals surface area contributed by atoms with Gasteiger partial charge in [-0.25, -0.2) is 0 Å². The number of hydrogen-bond acceptors (Lipinski definition) is 4. The van der Waals surface area contributed by atoms with Gasteiger partial charge >= 0.3 is 0 Å². The lowest BCUT2D eigenvalue weighted by Crippen LogP contribution is -2.07. The van der Waals surface area contributed by atoms with E-state index in [2.05, 4.69) is 13.8 Å². The van der Waals surface area contributed by atoms with E-state index >= 15 is 0 Å². The summed E-state index contributed by atoms with van der Waals surface area (Å²) in [5, 5.41) is 0. The van der Waals surface area contributed by atoms with Crippen molar-refractivity contribution in [1.82, 2.24) is 0 Å². The number of para-hydroxylation sites is 1. The minimum absolute atomic E-state index is 0.115. The van der Waals surface area contributed by atoms with E-state index in [1.165, 1.54) is 0 Å². The summed E-state index contributed by atoms with van der Waals surface area (Å²) in [6, 6.07) is 11.5. The van der Waals surface area contributed by atoms with E-state index in [0.717, 1.165) is 28.4 Å². The van der Waals surface area contributed by atoms with Crippen molar-refractivity contribution in [3.63, 3.8) is 0 Å². The van der Waals surface area contributed by atoms with Crippen LogP contribution in [0.1, 0.15) is 30.9 Å². The lowest BCUT2D eigenvalue weighted by molar-refractivity contribution is 0.116. The molecular formula is C19H24O4. The summed E-state index contributed by atoms with van der Waals surface area (Å²) >= 11 is 0. The maximum absolute atomic E-state index is 5.74. The van der Waals surface area contributed by atoms with Crippen molar-refractivity contribution in [2.75, 3.05) is 21.0 Å². The standard InChI is InChI=1S/C19H24O4/c1-13(2)16-7-6-8-18(19(16)21-5)23-12-22-15-9-10-17(20-4)14(3)11-15/h6-11,13H,12H2,1-5H3. The summed E-state index contributed by atoms with van der Waals surface area (Å²) in [4.78, 5) is 0. The summed E-state index contributed by atoms with van der Waals surface area (Å²) in [5.41, 5.74) is 2.13. The van der Waals surface area contributed by atoms with Gasteiger partial charge in [0.1, 0.15) is 11.5 Å². The Morgan fingerprint density at radius 3 is 2.30 bits per heavy atom. The molecule has 2 aromatic carbocycles. The minimum atomic E-state index is 0.115. The maximum Gasteiger partial charge on any atom is 0.231 e. The topological polar surface area (TPSA) is 36.9 Å². The first-order valence-corrected chi connectivity index (χ1v) is 7.64. The van der Waals surface area contributed by atoms with Crippen LogP contribution >= 0.6 is 0 Å². The third-order valence-corrected chi connectivity index (χ3v) is 3.64. The van der Waals surface area contributed by atoms with Gasteiger partial charge in [-0.15, -0.1) is 0 Å². The smallest absolute Gasteiger partial charge is 0.231 e. The number of rotatable bonds is 7. The van der Waals surface area contributed by atoms with E-state index < -0.39 is 0 Å². The summed E-state index contributed by atoms with van der Waals surface area (Å²) in [6.07, 6.45) is 0. The fourth-order valence-electron chi connectivity index (χ4n) is 2.42. The van der Waals surface area contributed by atoms with Crippen LogP contribution in [0.5, 0.6) is 23.0 Å². The molecule has 0 aliphatic carbocycles. The molecule has 124 valence electrons. The summed E-state index contributed by atoms with van der Waals surface area (Å²) in [6.45, 7) is 6.34. The molecule has 0 heterocycles. The number of aryl methyl sites for hydroxylation is 1. The number of ether oxygens (including phenoxy) is 4. The molecule has 0 fully saturated rings. The molecule has 4 nitrogen and oxygen atoms in total. The van der Waals surface area contributed by atoms with Crippen LogP contribution in [-0.2, 0) is 0 Å². The van der Waals surface area contributed by atoms with E-state index in [4.69, 9.17) is 18.9 Å². The molecule has 0 saturated heterocycles. The van der Waals surface area contributed by atoms with Gasteiger partial charge in [0.2, 0.25) is 6.79 Å². The molecular weight excluding hydrogens is 292 g/mol. The Hall–Kier alpha value is -2.36. The second-order valence-corrected chi connectivity index (χ2v) is 5.57. The highest BCUT2D eigenvalue weighted by Gasteiger charge is 2.13. The van der Waals surface area contributed by atoms with E-state index in [1.807, 2.05) is 43.3 Å². The Morgan fingerprint density at radius 2 is 1.70 bits per heavy atom. The molecule has 0 amide bonds. The van der Waals surface area contributed by atoms with E-state index in [1.54, 1.807) is 14.2 Å². The summed E-state index contributed by atoms with van der Waals surface area (Å²) in [7, 11) is 3.31. The van der Waals surface area contributed by atoms with Crippen LogP contribution < -0.4 is 18.9 Å². The molecule has 0 aliphatic heterocycles. The van der Waals surface area contributed by atoms with E-state index in [0.29, 0.717) is 11.7 Å². The second kappa shape index (κ2) is 7.77. The van der Waals surface area contributed by atoms with Gasteiger partial charge < -0.3 is 18.9 Å². The predicted molar refractivity (Wildman–Crippen MR) is 90.9 cm³/mol. The highest BCUT2D eigenvalue weighted by atomic mass is 16.7. The first-order valence-electron chi connectivity index (χ1n) is 7.64. The molecule has 0 unspecified atom stereocenters. The molecule has 0 bridgehead atoms. The quantitative estimate of drug-likeness (QED) is 0.702. The Labute approximate surface area is 137 Å². The Kier molecular flexibility index (Phi) is 5.74. The van der Waals surface area contributed by atoms with Gasteiger partial charge in [-0.2, -0.15) is 0 Å². The number of hydrogen-bond donors (Lipinski definition) is 0. The fourth-order valence-corrected chi connectivity index (χ4v) is 2.42. The third kappa shape index (κ3) is 4.09. The molecule has 0 N–H and O–H groups in total. The van der Waals surface area contributed by atoms with Gasteiger partial charge in [0, 0.05) is 5.56 Å². The largest absolute Gasteiger partial charge is 0.496 e. The average molecular weight is 316 g/mol. The van der Waals surface area contributed by atoms with Crippen LogP contribution in [0.15, 0.2) is 36.4 Å². The molecule has 0 radical (unpaired) electrons. The van der Waals surface area contributed by atoms with Crippen molar-refractivity contribution in [2.45, 2.75) is 26.7 Å². The maximum atomic E-state index is 5.74. The highest BCUT2D eigenvalue weighted by molar-refractivity contribution is 5.48. The lowest BCUT2D eigenvalue weighted by atomic mass is 10.0. The van der Waals surface area contributed by atoms with Crippen molar-refractivity contribution in [3.8, 4) is 23.0 Å². The average Bonchev–Trinajstić information content (AvgIpc) is 2.54. The third-order valence-electron chi connectivity index (χ3n) is 3.64. The normalized spacial score (nSPS) is 10.5. The lowest BCUT2D eigenvalue weighted by Gasteiger charge is -2.16. The Morgan fingerprint density at radius 1 is 0.913 bits per heavy atom. The van der Waals surface area contributed by atoms with Crippen LogP contribution in [0, 0.1) is 6.92 Å². The highest BCUT2D eigenvalue weighted by Crippen LogP contribution is 2.35. The zero-order valence-corrected chi connectivity index (χ0v) is 14.4. The van der Waals surface area contributed by atoms with Gasteiger partial charge in [-0.3, -0.25) is 0 Å². The van der Waals surface area contributed by atoms with Crippen LogP contribution in [0.2, 0.25) is 0 Å². The second-order valence-electron chi connectivity index (χ2n) is 5.57. The van der Waals surface area contributed by atoms with Gasteiger partial charge in [0.05, 0.1) is 14.2 Å². The molecule has 0 aromatic heterocycles. The van der Waals surface area contributed by atoms with Crippen molar-refractivity contribution >= 4 is 0 Å². The summed E-state index contributed by atoms with van der Waals surface area (Å²) in [5.74, 6) is 3.38. The van der Waals surface area contributed by atoms with Crippen molar-refractivity contribution < 1.29 is 18.9 Å². The van der Waals surface area contributed by atoms with Gasteiger partial charge in [0.25, 0.3) is 0 Å². The van der Waals surface area contributed by atoms with Crippen LogP contribution in [0.25, 0.3) is 0 Å². The molecule has 0 atom stereocenters. The Balaban J connectivity index is 2.04. The first-order chi connectivity index (χ1) is 11.1. The Bertz CT molecular complexity index is 650. The van der Waals surface area contributed by atoms with Gasteiger partial charge in [0.15, 0.2) is 11.5 Å². The predicted octanol–water partition coefficient (Wildman–Crippen LogP) is 4.55. The molecule has 4 heteroatoms. The monoisotopic (exact) mass is 316 g/mol. The van der Waals surface area contributed by atoms with Crippen LogP contribution in [0.3, 0.4) is 0 Å².